The predicted molar refractivity (Wildman–Crippen MR) is 121 cm³/mol. The SMILES string of the molecule is CCNC(=NCCc1cccc2cccnc12)N1CCN(C(C)=O)CC1.I. The Bertz CT molecular complexity index is 782. The van der Waals surface area contributed by atoms with Crippen molar-refractivity contribution in [1.29, 1.82) is 0 Å². The number of rotatable bonds is 4. The zero-order valence-electron chi connectivity index (χ0n) is 16.0. The first-order valence-corrected chi connectivity index (χ1v) is 9.30. The lowest BCUT2D eigenvalue weighted by Crippen LogP contribution is -2.53. The highest BCUT2D eigenvalue weighted by Gasteiger charge is 2.20. The summed E-state index contributed by atoms with van der Waals surface area (Å²) in [6, 6.07) is 10.4. The number of benzene rings is 1. The van der Waals surface area contributed by atoms with Gasteiger partial charge in [0.15, 0.2) is 5.96 Å². The minimum Gasteiger partial charge on any atom is -0.357 e. The molecule has 0 aliphatic carbocycles. The van der Waals surface area contributed by atoms with Gasteiger partial charge in [-0.15, -0.1) is 24.0 Å². The average Bonchev–Trinajstić information content (AvgIpc) is 2.67. The van der Waals surface area contributed by atoms with Crippen LogP contribution < -0.4 is 5.32 Å². The fourth-order valence-corrected chi connectivity index (χ4v) is 3.31. The lowest BCUT2D eigenvalue weighted by Gasteiger charge is -2.36. The van der Waals surface area contributed by atoms with E-state index < -0.39 is 0 Å². The summed E-state index contributed by atoms with van der Waals surface area (Å²) in [7, 11) is 0. The molecule has 0 atom stereocenters. The Morgan fingerprint density at radius 2 is 1.85 bits per heavy atom. The number of para-hydroxylation sites is 1. The quantitative estimate of drug-likeness (QED) is 0.415. The fourth-order valence-electron chi connectivity index (χ4n) is 3.31. The Hall–Kier alpha value is -1.90. The van der Waals surface area contributed by atoms with Gasteiger partial charge in [-0.2, -0.15) is 0 Å². The van der Waals surface area contributed by atoms with E-state index in [4.69, 9.17) is 4.99 Å². The van der Waals surface area contributed by atoms with Crippen LogP contribution in [0.5, 0.6) is 0 Å². The second-order valence-corrected chi connectivity index (χ2v) is 6.47. The number of pyridine rings is 1. The normalized spacial score (nSPS) is 14.8. The molecule has 1 aliphatic rings. The Labute approximate surface area is 178 Å². The molecule has 2 aromatic rings. The number of amides is 1. The molecule has 0 radical (unpaired) electrons. The van der Waals surface area contributed by atoms with Crippen molar-refractivity contribution >= 4 is 46.7 Å². The monoisotopic (exact) mass is 481 g/mol. The summed E-state index contributed by atoms with van der Waals surface area (Å²) >= 11 is 0. The Morgan fingerprint density at radius 1 is 1.15 bits per heavy atom. The second kappa shape index (κ2) is 10.4. The summed E-state index contributed by atoms with van der Waals surface area (Å²) in [6.45, 7) is 8.41. The molecule has 1 amide bonds. The summed E-state index contributed by atoms with van der Waals surface area (Å²) in [6.07, 6.45) is 2.70. The number of aromatic nitrogens is 1. The number of fused-ring (bicyclic) bond motifs is 1. The van der Waals surface area contributed by atoms with E-state index in [-0.39, 0.29) is 29.9 Å². The van der Waals surface area contributed by atoms with E-state index in [2.05, 4.69) is 46.4 Å². The topological polar surface area (TPSA) is 60.8 Å². The van der Waals surface area contributed by atoms with Gasteiger partial charge in [-0.05, 0) is 25.0 Å². The van der Waals surface area contributed by atoms with Crippen molar-refractivity contribution in [2.24, 2.45) is 4.99 Å². The molecule has 146 valence electrons. The van der Waals surface area contributed by atoms with Gasteiger partial charge in [0.1, 0.15) is 0 Å². The first kappa shape index (κ1) is 21.4. The van der Waals surface area contributed by atoms with Crippen molar-refractivity contribution in [3.05, 3.63) is 42.1 Å². The molecule has 27 heavy (non-hydrogen) atoms. The van der Waals surface area contributed by atoms with Crippen LogP contribution in [0.2, 0.25) is 0 Å². The third-order valence-corrected chi connectivity index (χ3v) is 4.72. The van der Waals surface area contributed by atoms with Crippen molar-refractivity contribution in [1.82, 2.24) is 20.1 Å². The molecule has 0 saturated carbocycles. The highest BCUT2D eigenvalue weighted by Crippen LogP contribution is 2.16. The molecule has 1 aromatic heterocycles. The maximum atomic E-state index is 11.5. The van der Waals surface area contributed by atoms with Gasteiger partial charge in [-0.25, -0.2) is 0 Å². The number of guanidine groups is 1. The highest BCUT2D eigenvalue weighted by atomic mass is 127. The molecule has 0 bridgehead atoms. The van der Waals surface area contributed by atoms with E-state index in [0.29, 0.717) is 6.54 Å². The smallest absolute Gasteiger partial charge is 0.219 e. The van der Waals surface area contributed by atoms with Gasteiger partial charge in [-0.1, -0.05) is 24.3 Å². The van der Waals surface area contributed by atoms with Crippen molar-refractivity contribution < 1.29 is 4.79 Å². The number of halogens is 1. The molecule has 1 saturated heterocycles. The fraction of sp³-hybridized carbons (Fsp3) is 0.450. The number of hydrogen-bond donors (Lipinski definition) is 1. The van der Waals surface area contributed by atoms with Gasteiger partial charge in [-0.3, -0.25) is 14.8 Å². The minimum absolute atomic E-state index is 0. The molecule has 2 heterocycles. The Kier molecular flexibility index (Phi) is 8.27. The maximum absolute atomic E-state index is 11.5. The van der Waals surface area contributed by atoms with Crippen LogP contribution in [0.25, 0.3) is 10.9 Å². The van der Waals surface area contributed by atoms with Crippen LogP contribution in [0, 0.1) is 0 Å². The molecule has 7 heteroatoms. The Balaban J connectivity index is 0.00000261. The lowest BCUT2D eigenvalue weighted by molar-refractivity contribution is -0.130. The van der Waals surface area contributed by atoms with E-state index in [0.717, 1.165) is 50.6 Å². The molecular formula is C20H28IN5O. The van der Waals surface area contributed by atoms with Gasteiger partial charge in [0.2, 0.25) is 5.91 Å². The van der Waals surface area contributed by atoms with Crippen molar-refractivity contribution in [3.63, 3.8) is 0 Å². The summed E-state index contributed by atoms with van der Waals surface area (Å²) in [5.74, 6) is 1.08. The van der Waals surface area contributed by atoms with E-state index >= 15 is 0 Å². The van der Waals surface area contributed by atoms with Gasteiger partial charge in [0, 0.05) is 57.8 Å². The average molecular weight is 481 g/mol. The van der Waals surface area contributed by atoms with Crippen LogP contribution in [-0.2, 0) is 11.2 Å². The van der Waals surface area contributed by atoms with Crippen molar-refractivity contribution in [2.75, 3.05) is 39.3 Å². The summed E-state index contributed by atoms with van der Waals surface area (Å²) in [4.78, 5) is 25.0. The van der Waals surface area contributed by atoms with E-state index in [1.165, 1.54) is 10.9 Å². The zero-order valence-corrected chi connectivity index (χ0v) is 18.3. The number of nitrogens with zero attached hydrogens (tertiary/aromatic N) is 4. The molecule has 3 rings (SSSR count). The van der Waals surface area contributed by atoms with Crippen LogP contribution in [0.3, 0.4) is 0 Å². The zero-order chi connectivity index (χ0) is 18.4. The second-order valence-electron chi connectivity index (χ2n) is 6.47. The summed E-state index contributed by atoms with van der Waals surface area (Å²) in [5, 5.41) is 4.54. The first-order valence-electron chi connectivity index (χ1n) is 9.30. The van der Waals surface area contributed by atoms with Crippen molar-refractivity contribution in [3.8, 4) is 0 Å². The predicted octanol–water partition coefficient (Wildman–Crippen LogP) is 2.52. The number of carbonyl (C=O) groups excluding carboxylic acids is 1. The van der Waals surface area contributed by atoms with Crippen molar-refractivity contribution in [2.45, 2.75) is 20.3 Å². The molecule has 1 aliphatic heterocycles. The van der Waals surface area contributed by atoms with E-state index in [1.54, 1.807) is 6.92 Å². The third kappa shape index (κ3) is 5.54. The van der Waals surface area contributed by atoms with Gasteiger partial charge >= 0.3 is 0 Å². The number of nitrogens with one attached hydrogen (secondary N) is 1. The van der Waals surface area contributed by atoms with Gasteiger partial charge in [0.05, 0.1) is 5.52 Å². The van der Waals surface area contributed by atoms with Crippen LogP contribution in [-0.4, -0.2) is 65.9 Å². The van der Waals surface area contributed by atoms with Gasteiger partial charge in [0.25, 0.3) is 0 Å². The molecule has 6 nitrogen and oxygen atoms in total. The molecule has 1 N–H and O–H groups in total. The minimum atomic E-state index is 0. The molecule has 1 fully saturated rings. The third-order valence-electron chi connectivity index (χ3n) is 4.72. The summed E-state index contributed by atoms with van der Waals surface area (Å²) in [5.41, 5.74) is 2.29. The largest absolute Gasteiger partial charge is 0.357 e. The van der Waals surface area contributed by atoms with E-state index in [9.17, 15) is 4.79 Å². The first-order chi connectivity index (χ1) is 12.7. The van der Waals surface area contributed by atoms with Gasteiger partial charge < -0.3 is 15.1 Å². The molecular weight excluding hydrogens is 453 g/mol. The highest BCUT2D eigenvalue weighted by molar-refractivity contribution is 14.0. The van der Waals surface area contributed by atoms with Crippen LogP contribution in [0.1, 0.15) is 19.4 Å². The molecule has 0 spiro atoms. The lowest BCUT2D eigenvalue weighted by atomic mass is 10.1. The number of piperazine rings is 1. The number of aliphatic imine (C=N–C) groups is 1. The number of hydrogen-bond acceptors (Lipinski definition) is 3. The Morgan fingerprint density at radius 3 is 2.56 bits per heavy atom. The molecule has 1 aromatic carbocycles. The van der Waals surface area contributed by atoms with Crippen LogP contribution >= 0.6 is 24.0 Å². The standard InChI is InChI=1S/C20H27N5O.HI/c1-3-21-20(25-14-12-24(13-15-25)16(2)26)23-11-9-18-7-4-6-17-8-5-10-22-19(17)18;/h4-8,10H,3,9,11-15H2,1-2H3,(H,21,23);1H. The van der Waals surface area contributed by atoms with Crippen LogP contribution in [0.15, 0.2) is 41.5 Å². The maximum Gasteiger partial charge on any atom is 0.219 e. The van der Waals surface area contributed by atoms with Crippen LogP contribution in [0.4, 0.5) is 0 Å². The summed E-state index contributed by atoms with van der Waals surface area (Å²) < 4.78 is 0. The molecule has 0 unspecified atom stereocenters. The van der Waals surface area contributed by atoms with E-state index in [1.807, 2.05) is 17.2 Å². The number of carbonyl (C=O) groups is 1.